The molecule has 8 nitrogen and oxygen atoms in total. The maximum absolute atomic E-state index is 13.3. The van der Waals surface area contributed by atoms with Crippen LogP contribution in [-0.2, 0) is 10.0 Å². The minimum atomic E-state index is -4.01. The number of nitrogens with zero attached hydrogens (tertiary/aromatic N) is 6. The van der Waals surface area contributed by atoms with Gasteiger partial charge in [-0.15, -0.1) is 0 Å². The fourth-order valence-corrected chi connectivity index (χ4v) is 4.79. The highest BCUT2D eigenvalue weighted by atomic mass is 32.2. The van der Waals surface area contributed by atoms with Crippen LogP contribution in [0.5, 0.6) is 0 Å². The number of allylic oxidation sites excluding steroid dienone is 2. The van der Waals surface area contributed by atoms with E-state index < -0.39 is 47.5 Å². The molecule has 0 aliphatic heterocycles. The van der Waals surface area contributed by atoms with E-state index in [1.54, 1.807) is 18.2 Å². The van der Waals surface area contributed by atoms with E-state index >= 15 is 0 Å². The summed E-state index contributed by atoms with van der Waals surface area (Å²) >= 11 is 0. The Morgan fingerprint density at radius 2 is 1.94 bits per heavy atom. The van der Waals surface area contributed by atoms with Gasteiger partial charge >= 0.3 is 0 Å². The van der Waals surface area contributed by atoms with Crippen molar-refractivity contribution in [2.75, 3.05) is 0 Å². The van der Waals surface area contributed by atoms with Crippen LogP contribution in [0, 0.1) is 18.3 Å². The van der Waals surface area contributed by atoms with E-state index in [9.17, 15) is 13.7 Å². The molecule has 1 aliphatic rings. The summed E-state index contributed by atoms with van der Waals surface area (Å²) in [6, 6.07) is 9.61. The summed E-state index contributed by atoms with van der Waals surface area (Å²) in [6.45, 7) is 1.83. The first-order valence-corrected chi connectivity index (χ1v) is 11.2. The summed E-state index contributed by atoms with van der Waals surface area (Å²) in [4.78, 5) is 8.46. The quantitative estimate of drug-likeness (QED) is 0.427. The van der Waals surface area contributed by atoms with Crippen molar-refractivity contribution in [3.05, 3.63) is 66.4 Å². The van der Waals surface area contributed by atoms with Crippen molar-refractivity contribution in [3.8, 4) is 17.3 Å². The number of rotatable bonds is 5. The average molecular weight is 467 g/mol. The largest absolute Gasteiger partial charge is 0.269 e. The van der Waals surface area contributed by atoms with Crippen LogP contribution in [0.3, 0.4) is 0 Å². The van der Waals surface area contributed by atoms with Gasteiger partial charge < -0.3 is 0 Å². The molecule has 3 aromatic heterocycles. The van der Waals surface area contributed by atoms with Crippen LogP contribution >= 0.6 is 0 Å². The van der Waals surface area contributed by atoms with Crippen LogP contribution in [0.15, 0.2) is 65.7 Å². The van der Waals surface area contributed by atoms with Gasteiger partial charge in [0.25, 0.3) is 10.0 Å². The van der Waals surface area contributed by atoms with Crippen LogP contribution in [0.1, 0.15) is 48.4 Å². The fraction of sp³-hybridized carbons (Fsp3) is 0.250. The Balaban J connectivity index is 1.66. The van der Waals surface area contributed by atoms with Crippen LogP contribution in [-0.4, -0.2) is 32.1 Å². The second-order valence-corrected chi connectivity index (χ2v) is 9.03. The van der Waals surface area contributed by atoms with Crippen molar-refractivity contribution in [2.45, 2.75) is 43.7 Å². The zero-order valence-corrected chi connectivity index (χ0v) is 18.1. The third kappa shape index (κ3) is 3.72. The highest BCUT2D eigenvalue weighted by molar-refractivity contribution is 7.90. The zero-order valence-electron chi connectivity index (χ0n) is 25.3. The van der Waals surface area contributed by atoms with Crippen molar-refractivity contribution in [3.63, 3.8) is 0 Å². The molecule has 0 saturated heterocycles. The summed E-state index contributed by atoms with van der Waals surface area (Å²) in [6.07, 6.45) is -8.30. The van der Waals surface area contributed by atoms with Gasteiger partial charge in [-0.2, -0.15) is 10.4 Å². The normalized spacial score (nSPS) is 23.7. The molecule has 0 amide bonds. The average Bonchev–Trinajstić information content (AvgIpc) is 3.57. The number of fused-ring (bicyclic) bond motifs is 1. The van der Waals surface area contributed by atoms with E-state index in [0.29, 0.717) is 5.39 Å². The molecule has 5 rings (SSSR count). The Morgan fingerprint density at radius 1 is 1.18 bits per heavy atom. The molecular weight excluding hydrogens is 436 g/mol. The Labute approximate surface area is 203 Å². The van der Waals surface area contributed by atoms with Crippen molar-refractivity contribution in [2.24, 2.45) is 0 Å². The Bertz CT molecular complexity index is 1840. The first-order chi connectivity index (χ1) is 19.0. The molecule has 0 bridgehead atoms. The summed E-state index contributed by atoms with van der Waals surface area (Å²) in [5, 5.41) is 13.9. The third-order valence-electron chi connectivity index (χ3n) is 5.13. The summed E-state index contributed by atoms with van der Waals surface area (Å²) in [7, 11) is -4.01. The Hall–Kier alpha value is -3.77. The van der Waals surface area contributed by atoms with Gasteiger partial charge in [-0.1, -0.05) is 17.7 Å². The zero-order chi connectivity index (χ0) is 30.2. The van der Waals surface area contributed by atoms with Crippen molar-refractivity contribution < 1.29 is 19.4 Å². The van der Waals surface area contributed by atoms with Gasteiger partial charge in [-0.25, -0.2) is 27.0 Å². The van der Waals surface area contributed by atoms with Gasteiger partial charge in [0.15, 0.2) is 5.65 Å². The van der Waals surface area contributed by atoms with Crippen molar-refractivity contribution in [1.82, 2.24) is 23.7 Å². The molecule has 0 radical (unpaired) electrons. The van der Waals surface area contributed by atoms with E-state index in [2.05, 4.69) is 15.1 Å². The minimum absolute atomic E-state index is 0.0567. The second kappa shape index (κ2) is 8.30. The van der Waals surface area contributed by atoms with Gasteiger partial charge in [-0.05, 0) is 56.2 Å². The maximum Gasteiger partial charge on any atom is 0.269 e. The van der Waals surface area contributed by atoms with E-state index in [0.717, 1.165) is 20.5 Å². The molecular formula is C24H22N6O2S. The van der Waals surface area contributed by atoms with Gasteiger partial charge in [0.1, 0.15) is 6.33 Å². The molecule has 0 spiro atoms. The lowest BCUT2D eigenvalue weighted by Crippen LogP contribution is -2.12. The third-order valence-corrected chi connectivity index (χ3v) is 6.81. The number of hydrogen-bond donors (Lipinski definition) is 0. The SMILES string of the molecule is [2H]C1([2H])C(=C(CC#N)n2cc(-c3ncnc4c3ccn4S(=O)(=O)c3ccc(C)cc3)cn2)C([2H])([2H])C([2H])([2H])C1([2H])[2H]. The van der Waals surface area contributed by atoms with E-state index in [1.165, 1.54) is 36.8 Å². The summed E-state index contributed by atoms with van der Waals surface area (Å²) in [5.41, 5.74) is 0.263. The first-order valence-electron chi connectivity index (χ1n) is 13.8. The fourth-order valence-electron chi connectivity index (χ4n) is 3.49. The van der Waals surface area contributed by atoms with Gasteiger partial charge in [0, 0.05) is 34.3 Å². The molecule has 1 aliphatic carbocycles. The van der Waals surface area contributed by atoms with Gasteiger partial charge in [0.2, 0.25) is 0 Å². The molecule has 1 aromatic carbocycles. The first kappa shape index (κ1) is 13.7. The van der Waals surface area contributed by atoms with Crippen molar-refractivity contribution >= 4 is 26.8 Å². The van der Waals surface area contributed by atoms with Crippen LogP contribution < -0.4 is 0 Å². The number of aryl methyl sites for hydroxylation is 1. The second-order valence-electron chi connectivity index (χ2n) is 7.22. The molecule has 0 atom stereocenters. The lowest BCUT2D eigenvalue weighted by Gasteiger charge is -2.08. The number of aromatic nitrogens is 5. The smallest absolute Gasteiger partial charge is 0.243 e. The van der Waals surface area contributed by atoms with E-state index in [-0.39, 0.29) is 27.5 Å². The molecule has 33 heavy (non-hydrogen) atoms. The molecule has 9 heteroatoms. The lowest BCUT2D eigenvalue weighted by atomic mass is 10.1. The predicted octanol–water partition coefficient (Wildman–Crippen LogP) is 4.54. The Morgan fingerprint density at radius 3 is 2.67 bits per heavy atom. The van der Waals surface area contributed by atoms with Gasteiger partial charge in [-0.3, -0.25) is 0 Å². The van der Waals surface area contributed by atoms with E-state index in [1.807, 2.05) is 6.92 Å². The predicted molar refractivity (Wildman–Crippen MR) is 124 cm³/mol. The van der Waals surface area contributed by atoms with Crippen LogP contribution in [0.25, 0.3) is 28.0 Å². The maximum atomic E-state index is 13.3. The van der Waals surface area contributed by atoms with Crippen LogP contribution in [0.2, 0.25) is 0 Å². The molecule has 0 unspecified atom stereocenters. The molecule has 166 valence electrons. The number of benzene rings is 1. The highest BCUT2D eigenvalue weighted by Crippen LogP contribution is 2.32. The molecule has 4 aromatic rings. The van der Waals surface area contributed by atoms with Crippen LogP contribution in [0.4, 0.5) is 0 Å². The summed E-state index contributed by atoms with van der Waals surface area (Å²) < 4.78 is 94.4. The number of hydrogen-bond acceptors (Lipinski definition) is 6. The lowest BCUT2D eigenvalue weighted by molar-refractivity contribution is 0.588. The van der Waals surface area contributed by atoms with Crippen molar-refractivity contribution in [1.29, 1.82) is 5.26 Å². The standard InChI is InChI=1S/C24H22N6O2S/c1-17-6-8-20(9-7-17)33(31,32)30-13-11-21-23(26-16-27-24(21)30)19-14-28-29(15-19)22(10-12-25)18-4-2-3-5-18/h6-9,11,13-16H,2-5,10H2,1H3/i2D2,3D2,4D2,5D2. The van der Waals surface area contributed by atoms with Gasteiger partial charge in [0.05, 0.1) is 35.0 Å². The molecule has 3 heterocycles. The Kier molecular flexibility index (Phi) is 3.45. The molecule has 1 fully saturated rings. The van der Waals surface area contributed by atoms with E-state index in [4.69, 9.17) is 11.0 Å². The topological polar surface area (TPSA) is 106 Å². The molecule has 1 saturated carbocycles. The highest BCUT2D eigenvalue weighted by Gasteiger charge is 2.22. The summed E-state index contributed by atoms with van der Waals surface area (Å²) in [5.74, 6) is 0. The minimum Gasteiger partial charge on any atom is -0.243 e. The monoisotopic (exact) mass is 466 g/mol. The number of nitriles is 1. The molecule has 0 N–H and O–H groups in total.